The van der Waals surface area contributed by atoms with Crippen LogP contribution in [-0.2, 0) is 19.1 Å². The Balaban J connectivity index is 3.61. The predicted molar refractivity (Wildman–Crippen MR) is 379 cm³/mol. The van der Waals surface area contributed by atoms with Gasteiger partial charge in [0.1, 0.15) is 6.61 Å². The van der Waals surface area contributed by atoms with Gasteiger partial charge in [-0.1, -0.05) is 324 Å². The van der Waals surface area contributed by atoms with Gasteiger partial charge >= 0.3 is 11.9 Å². The highest BCUT2D eigenvalue weighted by Crippen LogP contribution is 2.16. The Morgan fingerprint density at radius 1 is 0.267 bits per heavy atom. The van der Waals surface area contributed by atoms with E-state index in [0.29, 0.717) is 12.8 Å². The average Bonchev–Trinajstić information content (AvgIpc) is 3.54. The molecule has 0 heterocycles. The van der Waals surface area contributed by atoms with E-state index >= 15 is 0 Å². The van der Waals surface area contributed by atoms with Crippen molar-refractivity contribution in [3.8, 4) is 0 Å². The van der Waals surface area contributed by atoms with Crippen molar-refractivity contribution in [2.75, 3.05) is 13.2 Å². The van der Waals surface area contributed by atoms with Gasteiger partial charge in [-0.15, -0.1) is 0 Å². The summed E-state index contributed by atoms with van der Waals surface area (Å²) in [5.74, 6) is -0.625. The van der Waals surface area contributed by atoms with Crippen LogP contribution < -0.4 is 0 Å². The van der Waals surface area contributed by atoms with Gasteiger partial charge in [-0.05, 0) is 141 Å². The predicted octanol–water partition coefficient (Wildman–Crippen LogP) is 24.8. The van der Waals surface area contributed by atoms with Gasteiger partial charge in [-0.3, -0.25) is 9.59 Å². The fourth-order valence-electron chi connectivity index (χ4n) is 9.24. The van der Waals surface area contributed by atoms with E-state index < -0.39 is 6.10 Å². The third-order valence-electron chi connectivity index (χ3n) is 14.4. The molecule has 0 saturated heterocycles. The maximum Gasteiger partial charge on any atom is 0.306 e. The topological polar surface area (TPSA) is 72.8 Å². The van der Waals surface area contributed by atoms with Crippen LogP contribution in [0.2, 0.25) is 0 Å². The van der Waals surface area contributed by atoms with Gasteiger partial charge in [-0.2, -0.15) is 0 Å². The lowest BCUT2D eigenvalue weighted by molar-refractivity contribution is -0.161. The van der Waals surface area contributed by atoms with Crippen LogP contribution in [0.15, 0.2) is 194 Å². The highest BCUT2D eigenvalue weighted by molar-refractivity contribution is 5.70. The molecule has 5 heteroatoms. The zero-order chi connectivity index (χ0) is 61.9. The van der Waals surface area contributed by atoms with E-state index in [1.807, 2.05) is 0 Å². The van der Waals surface area contributed by atoms with Crippen molar-refractivity contribution in [2.24, 2.45) is 0 Å². The van der Waals surface area contributed by atoms with Crippen molar-refractivity contribution in [2.45, 2.75) is 290 Å². The van der Waals surface area contributed by atoms with Crippen LogP contribution in [0.25, 0.3) is 0 Å². The summed E-state index contributed by atoms with van der Waals surface area (Å²) in [7, 11) is 0. The Hall–Kier alpha value is -5.26. The zero-order valence-corrected chi connectivity index (χ0v) is 55.2. The summed E-state index contributed by atoms with van der Waals surface area (Å²) in [6.45, 7) is 3.90. The van der Waals surface area contributed by atoms with Crippen molar-refractivity contribution < 1.29 is 24.2 Å². The van der Waals surface area contributed by atoms with Crippen LogP contribution in [0, 0.1) is 0 Å². The smallest absolute Gasteiger partial charge is 0.306 e. The summed E-state index contributed by atoms with van der Waals surface area (Å²) in [5, 5.41) is 9.70. The van der Waals surface area contributed by atoms with Crippen LogP contribution in [0.3, 0.4) is 0 Å². The Kier molecular flexibility index (Phi) is 69.5. The summed E-state index contributed by atoms with van der Waals surface area (Å²) in [5.41, 5.74) is 0. The van der Waals surface area contributed by atoms with Crippen LogP contribution in [-0.4, -0.2) is 36.4 Å². The Morgan fingerprint density at radius 3 is 0.698 bits per heavy atom. The molecule has 5 nitrogen and oxygen atoms in total. The molecule has 0 aliphatic carbocycles. The number of carbonyl (C=O) groups excluding carboxylic acids is 2. The van der Waals surface area contributed by atoms with Gasteiger partial charge in [0.15, 0.2) is 6.10 Å². The quantitative estimate of drug-likeness (QED) is 0.0373. The van der Waals surface area contributed by atoms with E-state index in [1.54, 1.807) is 0 Å². The normalized spacial score (nSPS) is 13.5. The lowest BCUT2D eigenvalue weighted by atomic mass is 10.0. The molecule has 1 N–H and O–H groups in total. The molecule has 0 spiro atoms. The second kappa shape index (κ2) is 74.0. The van der Waals surface area contributed by atoms with Gasteiger partial charge in [0.2, 0.25) is 0 Å². The Labute approximate surface area is 530 Å². The van der Waals surface area contributed by atoms with E-state index in [9.17, 15) is 14.7 Å². The van der Waals surface area contributed by atoms with E-state index in [2.05, 4.69) is 208 Å². The standard InChI is InChI=1S/C81H128O5/c1-3-5-7-9-11-13-15-17-19-21-23-25-27-29-31-33-35-36-37-38-39-40-41-42-43-44-46-48-50-52-54-56-58-60-62-64-66-68-70-72-74-76-81(84)86-79(77-82)78-85-80(83)75-73-71-69-67-65-63-61-59-57-55-53-51-49-47-45-34-32-30-28-26-24-22-20-18-16-14-12-10-8-6-4-2/h5-8,11-14,17-20,23-26,29,31,35-36,38-39,41-42,44,46,50,52,56,58,62,64,79,82H,3-4,9-10,15-16,21-22,27-28,30,32-34,37,40,43,45,47-49,51,53-55,57,59-61,63,65-78H2,1-2H3/b7-5-,8-6-,13-11-,14-12-,19-17-,20-18-,25-23-,26-24-,31-29-,36-35-,39-38-,42-41-,46-44-,52-50-,58-56-,64-62-. The van der Waals surface area contributed by atoms with Crippen molar-refractivity contribution in [3.63, 3.8) is 0 Å². The summed E-state index contributed by atoms with van der Waals surface area (Å²) >= 11 is 0. The molecule has 0 aromatic carbocycles. The van der Waals surface area contributed by atoms with Crippen molar-refractivity contribution in [1.82, 2.24) is 0 Å². The molecule has 0 saturated carbocycles. The number of allylic oxidation sites excluding steroid dienone is 32. The van der Waals surface area contributed by atoms with E-state index in [-0.39, 0.29) is 25.2 Å². The summed E-state index contributed by atoms with van der Waals surface area (Å²) in [4.78, 5) is 24.6. The molecule has 0 rings (SSSR count). The Morgan fingerprint density at radius 2 is 0.465 bits per heavy atom. The molecule has 0 aromatic rings. The number of ether oxygens (including phenoxy) is 2. The molecule has 0 aliphatic heterocycles. The average molecular weight is 1180 g/mol. The zero-order valence-electron chi connectivity index (χ0n) is 55.2. The third kappa shape index (κ3) is 71.2. The highest BCUT2D eigenvalue weighted by Gasteiger charge is 2.16. The monoisotopic (exact) mass is 1180 g/mol. The van der Waals surface area contributed by atoms with Crippen molar-refractivity contribution in [3.05, 3.63) is 194 Å². The Bertz CT molecular complexity index is 1970. The third-order valence-corrected chi connectivity index (χ3v) is 14.4. The minimum absolute atomic E-state index is 0.0860. The molecule has 0 fully saturated rings. The van der Waals surface area contributed by atoms with E-state index in [0.717, 1.165) is 154 Å². The molecule has 0 bridgehead atoms. The molecule has 0 amide bonds. The molecule has 86 heavy (non-hydrogen) atoms. The first kappa shape index (κ1) is 80.7. The maximum absolute atomic E-state index is 12.4. The first-order chi connectivity index (χ1) is 42.6. The highest BCUT2D eigenvalue weighted by atomic mass is 16.6. The first-order valence-corrected chi connectivity index (χ1v) is 35.0. The molecule has 0 aliphatic rings. The number of unbranched alkanes of at least 4 members (excludes halogenated alkanes) is 22. The number of rotatable bonds is 62. The largest absolute Gasteiger partial charge is 0.462 e. The van der Waals surface area contributed by atoms with Gasteiger partial charge in [-0.25, -0.2) is 0 Å². The molecule has 482 valence electrons. The summed E-state index contributed by atoms with van der Waals surface area (Å²) in [6, 6.07) is 0. The van der Waals surface area contributed by atoms with Crippen LogP contribution in [0.1, 0.15) is 284 Å². The van der Waals surface area contributed by atoms with Crippen LogP contribution in [0.4, 0.5) is 0 Å². The number of hydrogen-bond donors (Lipinski definition) is 1. The van der Waals surface area contributed by atoms with Gasteiger partial charge < -0.3 is 14.6 Å². The number of hydrogen-bond acceptors (Lipinski definition) is 5. The second-order valence-corrected chi connectivity index (χ2v) is 22.5. The van der Waals surface area contributed by atoms with Crippen molar-refractivity contribution >= 4 is 11.9 Å². The van der Waals surface area contributed by atoms with Gasteiger partial charge in [0.25, 0.3) is 0 Å². The maximum atomic E-state index is 12.4. The minimum Gasteiger partial charge on any atom is -0.462 e. The van der Waals surface area contributed by atoms with Crippen LogP contribution in [0.5, 0.6) is 0 Å². The minimum atomic E-state index is -0.800. The number of aliphatic hydroxyl groups is 1. The number of aliphatic hydroxyl groups excluding tert-OH is 1. The molecule has 0 radical (unpaired) electrons. The number of esters is 2. The molecule has 0 aromatic heterocycles. The van der Waals surface area contributed by atoms with Crippen LogP contribution >= 0.6 is 0 Å². The second-order valence-electron chi connectivity index (χ2n) is 22.5. The summed E-state index contributed by atoms with van der Waals surface area (Å²) < 4.78 is 10.7. The summed E-state index contributed by atoms with van der Waals surface area (Å²) in [6.07, 6.45) is 117. The first-order valence-electron chi connectivity index (χ1n) is 35.0. The molecular weight excluding hydrogens is 1050 g/mol. The fraction of sp³-hybridized carbons (Fsp3) is 0.580. The fourth-order valence-corrected chi connectivity index (χ4v) is 9.24. The SMILES string of the molecule is CC/C=C\C/C=C\C/C=C\C/C=C\C/C=C\C/C=C\C/C=C\C/C=C\C/C=C\C/C=C\C/C=C\C/C=C\CCCCCCC(=O)OC(CO)COC(=O)CCCCCCCCCCCCCCCCCCCC/C=C\C/C=C\C/C=C\C/C=C\CC. The molecule has 1 atom stereocenters. The van der Waals surface area contributed by atoms with E-state index in [4.69, 9.17) is 9.47 Å². The molecule has 1 unspecified atom stereocenters. The van der Waals surface area contributed by atoms with Gasteiger partial charge in [0.05, 0.1) is 6.61 Å². The molecular formula is C81H128O5. The lowest BCUT2D eigenvalue weighted by Crippen LogP contribution is -2.28. The number of carbonyl (C=O) groups is 2. The van der Waals surface area contributed by atoms with E-state index in [1.165, 1.54) is 103 Å². The lowest BCUT2D eigenvalue weighted by Gasteiger charge is -2.15. The van der Waals surface area contributed by atoms with Crippen molar-refractivity contribution in [1.29, 1.82) is 0 Å². The van der Waals surface area contributed by atoms with Gasteiger partial charge in [0, 0.05) is 12.8 Å².